The van der Waals surface area contributed by atoms with E-state index in [2.05, 4.69) is 510 Å². The highest BCUT2D eigenvalue weighted by Crippen LogP contribution is 2.51. The largest absolute Gasteiger partial charge is 0.0622 e. The van der Waals surface area contributed by atoms with Crippen molar-refractivity contribution in [3.63, 3.8) is 0 Å². The first-order valence-corrected chi connectivity index (χ1v) is 43.6. The molecule has 0 atom stereocenters. The van der Waals surface area contributed by atoms with E-state index >= 15 is 0 Å². The van der Waals surface area contributed by atoms with Crippen LogP contribution >= 0.6 is 0 Å². The fraction of sp³-hybridized carbons (Fsp3) is 0. The molecule has 0 heterocycles. The molecule has 0 saturated heterocycles. The van der Waals surface area contributed by atoms with Gasteiger partial charge < -0.3 is 0 Å². The minimum Gasteiger partial charge on any atom is -0.0622 e. The Bertz CT molecular complexity index is 8060. The van der Waals surface area contributed by atoms with Crippen LogP contribution in [0.3, 0.4) is 0 Å². The van der Waals surface area contributed by atoms with E-state index in [1.54, 1.807) is 0 Å². The van der Waals surface area contributed by atoms with Gasteiger partial charge in [-0.3, -0.25) is 0 Å². The van der Waals surface area contributed by atoms with Gasteiger partial charge in [0.05, 0.1) is 0 Å². The fourth-order valence-electron chi connectivity index (χ4n) is 19.6. The van der Waals surface area contributed by atoms with Gasteiger partial charge in [-0.25, -0.2) is 0 Å². The van der Waals surface area contributed by atoms with Gasteiger partial charge in [-0.15, -0.1) is 0 Å². The number of rotatable bonds is 12. The zero-order valence-electron chi connectivity index (χ0n) is 69.5. The van der Waals surface area contributed by atoms with Gasteiger partial charge in [0.1, 0.15) is 0 Å². The molecule has 0 nitrogen and oxygen atoms in total. The SMILES string of the molecule is c1ccc(-c2cccc(-c3c4ccccc4c(-c4ccc(-c5cccc6ccccc56)cc4)c4ccccc34)c2)cc1.c1ccc(-c2cccc(-c3c4ccccc4c(-c4cccc(-c5cccc6ccccc56)c4)c4ccccc34)c2)cc1.c1ccc(-c2cccc(-c3c4ccccc4c(-c4ccccc4-c4ccc5ccccc5c4)c4ccccc34)c2)cc1. The summed E-state index contributed by atoms with van der Waals surface area (Å²) < 4.78 is 0. The van der Waals surface area contributed by atoms with E-state index in [-0.39, 0.29) is 0 Å². The van der Waals surface area contributed by atoms with Gasteiger partial charge >= 0.3 is 0 Å². The molecule has 0 heteroatoms. The zero-order valence-corrected chi connectivity index (χ0v) is 69.5. The number of hydrogen-bond donors (Lipinski definition) is 0. The summed E-state index contributed by atoms with van der Waals surface area (Å²) in [4.78, 5) is 0. The van der Waals surface area contributed by atoms with Crippen molar-refractivity contribution in [3.8, 4) is 134 Å². The quantitative estimate of drug-likeness (QED) is 0.107. The van der Waals surface area contributed by atoms with Crippen LogP contribution < -0.4 is 0 Å². The maximum atomic E-state index is 2.37. The number of fused-ring (bicyclic) bond motifs is 9. The van der Waals surface area contributed by atoms with Crippen LogP contribution in [-0.4, -0.2) is 0 Å². The van der Waals surface area contributed by atoms with Crippen molar-refractivity contribution in [1.29, 1.82) is 0 Å². The van der Waals surface area contributed by atoms with E-state index in [0.29, 0.717) is 0 Å². The third kappa shape index (κ3) is 14.3. The molecule has 0 unspecified atom stereocenters. The van der Waals surface area contributed by atoms with Crippen molar-refractivity contribution in [2.75, 3.05) is 0 Å². The van der Waals surface area contributed by atoms with Crippen molar-refractivity contribution in [2.45, 2.75) is 0 Å². The molecule has 0 radical (unpaired) electrons. The van der Waals surface area contributed by atoms with Crippen LogP contribution in [0.1, 0.15) is 0 Å². The Hall–Kier alpha value is -16.4. The Morgan fingerprint density at radius 2 is 0.294 bits per heavy atom. The molecule has 0 aliphatic heterocycles. The Kier molecular flexibility index (Phi) is 20.2. The highest BCUT2D eigenvalue weighted by molar-refractivity contribution is 6.25. The van der Waals surface area contributed by atoms with Crippen molar-refractivity contribution in [2.24, 2.45) is 0 Å². The van der Waals surface area contributed by atoms with Gasteiger partial charge in [0.25, 0.3) is 0 Å². The summed E-state index contributed by atoms with van der Waals surface area (Å²) in [7, 11) is 0. The van der Waals surface area contributed by atoms with E-state index in [0.717, 1.165) is 0 Å². The van der Waals surface area contributed by atoms with Crippen molar-refractivity contribution >= 4 is 97.0 Å². The smallest absolute Gasteiger partial charge is 0.00201 e. The standard InChI is InChI=1S/3C42H28/c1-2-13-29(14-3-1)31-17-10-19-33(27-31)41-37-22-6-8-24-39(37)42(40-25-9-7-23-38(40)41)34-20-11-18-32(28-34)36-26-12-16-30-15-4-5-21-35(30)36;1-2-12-29(13-3-1)33-16-10-17-34(28-33)42-39-21-8-6-19-37(39)41(38-20-7-9-22-40(38)42)32-26-24-31(25-27-32)36-23-11-15-30-14-4-5-18-35(30)36;1-2-13-29(14-3-1)32-17-12-18-34(28-32)41-37-21-8-10-23-39(37)42(40-24-11-9-22-38(40)41)36-20-7-6-19-35(36)33-26-25-30-15-4-5-16-31(30)27-33/h3*1-28H. The molecule has 588 valence electrons. The van der Waals surface area contributed by atoms with E-state index < -0.39 is 0 Å². The molecular weight excluding hydrogens is 1510 g/mol. The maximum Gasteiger partial charge on any atom is -0.00201 e. The molecule has 0 aliphatic rings. The van der Waals surface area contributed by atoms with Gasteiger partial charge in [-0.1, -0.05) is 479 Å². The highest BCUT2D eigenvalue weighted by Gasteiger charge is 2.23. The lowest BCUT2D eigenvalue weighted by Crippen LogP contribution is -1.93. The minimum atomic E-state index is 1.23. The summed E-state index contributed by atoms with van der Waals surface area (Å²) in [5.41, 5.74) is 30.0. The monoisotopic (exact) mass is 1600 g/mol. The molecule has 24 rings (SSSR count). The van der Waals surface area contributed by atoms with Crippen LogP contribution in [0.5, 0.6) is 0 Å². The molecule has 0 fully saturated rings. The second-order valence-electron chi connectivity index (χ2n) is 32.7. The first-order valence-electron chi connectivity index (χ1n) is 43.6. The fourth-order valence-corrected chi connectivity index (χ4v) is 19.6. The highest BCUT2D eigenvalue weighted by atomic mass is 14.3. The van der Waals surface area contributed by atoms with Crippen LogP contribution in [0.4, 0.5) is 0 Å². The molecule has 0 aliphatic carbocycles. The number of benzene rings is 24. The summed E-state index contributed by atoms with van der Waals surface area (Å²) in [5, 5.41) is 22.9. The maximum absolute atomic E-state index is 2.37. The van der Waals surface area contributed by atoms with E-state index in [1.807, 2.05) is 0 Å². The van der Waals surface area contributed by atoms with E-state index in [9.17, 15) is 0 Å². The van der Waals surface area contributed by atoms with Gasteiger partial charge in [-0.05, 0) is 261 Å². The van der Waals surface area contributed by atoms with Gasteiger partial charge in [-0.2, -0.15) is 0 Å². The lowest BCUT2D eigenvalue weighted by Gasteiger charge is -2.20. The minimum absolute atomic E-state index is 1.23. The molecule has 0 spiro atoms. The molecule has 0 amide bonds. The van der Waals surface area contributed by atoms with Crippen molar-refractivity contribution < 1.29 is 0 Å². The van der Waals surface area contributed by atoms with Gasteiger partial charge in [0.2, 0.25) is 0 Å². The molecule has 0 bridgehead atoms. The molecule has 24 aromatic rings. The van der Waals surface area contributed by atoms with Crippen molar-refractivity contribution in [3.05, 3.63) is 510 Å². The van der Waals surface area contributed by atoms with E-state index in [4.69, 9.17) is 0 Å². The second-order valence-corrected chi connectivity index (χ2v) is 32.7. The summed E-state index contributed by atoms with van der Waals surface area (Å²) in [6.45, 7) is 0. The second kappa shape index (κ2) is 33.6. The van der Waals surface area contributed by atoms with Gasteiger partial charge in [0.15, 0.2) is 0 Å². The molecule has 0 N–H and O–H groups in total. The summed E-state index contributed by atoms with van der Waals surface area (Å²) >= 11 is 0. The average molecular weight is 1600 g/mol. The molecule has 24 aromatic carbocycles. The lowest BCUT2D eigenvalue weighted by molar-refractivity contribution is 1.60. The topological polar surface area (TPSA) is 0 Å². The van der Waals surface area contributed by atoms with Crippen LogP contribution in [0.2, 0.25) is 0 Å². The Labute approximate surface area is 734 Å². The molecule has 126 heavy (non-hydrogen) atoms. The van der Waals surface area contributed by atoms with Crippen LogP contribution in [0.25, 0.3) is 230 Å². The normalized spacial score (nSPS) is 11.3. The first-order chi connectivity index (χ1) is 62.5. The molecule has 0 saturated carbocycles. The lowest BCUT2D eigenvalue weighted by atomic mass is 9.83. The van der Waals surface area contributed by atoms with E-state index in [1.165, 1.54) is 230 Å². The van der Waals surface area contributed by atoms with Crippen molar-refractivity contribution in [1.82, 2.24) is 0 Å². The van der Waals surface area contributed by atoms with Crippen LogP contribution in [-0.2, 0) is 0 Å². The van der Waals surface area contributed by atoms with Crippen LogP contribution in [0.15, 0.2) is 510 Å². The predicted octanol–water partition coefficient (Wildman–Crippen LogP) is 35.4. The number of hydrogen-bond acceptors (Lipinski definition) is 0. The first kappa shape index (κ1) is 75.8. The third-order valence-electron chi connectivity index (χ3n) is 25.4. The Morgan fingerprint density at radius 1 is 0.0794 bits per heavy atom. The Morgan fingerprint density at radius 3 is 0.667 bits per heavy atom. The third-order valence-corrected chi connectivity index (χ3v) is 25.4. The summed E-state index contributed by atoms with van der Waals surface area (Å²) in [5.74, 6) is 0. The zero-order chi connectivity index (χ0) is 83.6. The summed E-state index contributed by atoms with van der Waals surface area (Å²) in [6.07, 6.45) is 0. The molecule has 0 aromatic heterocycles. The average Bonchev–Trinajstić information content (AvgIpc) is 1.05. The Balaban J connectivity index is 0.000000112. The molecular formula is C126H84. The summed E-state index contributed by atoms with van der Waals surface area (Å²) in [6, 6.07) is 185. The predicted molar refractivity (Wildman–Crippen MR) is 542 cm³/mol. The van der Waals surface area contributed by atoms with Crippen LogP contribution in [0, 0.1) is 0 Å². The van der Waals surface area contributed by atoms with Gasteiger partial charge in [0, 0.05) is 0 Å².